The van der Waals surface area contributed by atoms with Crippen LogP contribution in [0.3, 0.4) is 0 Å². The minimum atomic E-state index is -0.590. The van der Waals surface area contributed by atoms with Crippen LogP contribution in [-0.4, -0.2) is 29.6 Å². The van der Waals surface area contributed by atoms with E-state index in [9.17, 15) is 10.1 Å². The third-order valence-corrected chi connectivity index (χ3v) is 4.18. The van der Waals surface area contributed by atoms with Gasteiger partial charge in [-0.25, -0.2) is 0 Å². The van der Waals surface area contributed by atoms with E-state index in [-0.39, 0.29) is 5.92 Å². The molecule has 0 saturated heterocycles. The standard InChI is InChI=1S/C14H15BClNO2/c1-15(19)17-8-10(7-16)13-12(17)6-9-4-2-3-5-11(9)14(13)18/h2-6,10,18-19H,7-8H2,1H3. The maximum atomic E-state index is 10.5. The third-order valence-electron chi connectivity index (χ3n) is 3.81. The average molecular weight is 276 g/mol. The predicted molar refractivity (Wildman–Crippen MR) is 80.3 cm³/mol. The molecule has 1 aliphatic heterocycles. The number of rotatable bonds is 2. The summed E-state index contributed by atoms with van der Waals surface area (Å²) < 4.78 is 0. The lowest BCUT2D eigenvalue weighted by molar-refractivity contribution is 0.473. The fraction of sp³-hybridized carbons (Fsp3) is 0.286. The second-order valence-corrected chi connectivity index (χ2v) is 5.32. The van der Waals surface area contributed by atoms with E-state index in [1.807, 2.05) is 35.1 Å². The fourth-order valence-corrected chi connectivity index (χ4v) is 3.13. The van der Waals surface area contributed by atoms with E-state index in [1.54, 1.807) is 6.82 Å². The maximum absolute atomic E-state index is 10.5. The first kappa shape index (κ1) is 12.6. The van der Waals surface area contributed by atoms with Crippen LogP contribution in [0, 0.1) is 0 Å². The molecule has 0 spiro atoms. The molecule has 2 N–H and O–H groups in total. The number of benzene rings is 2. The highest BCUT2D eigenvalue weighted by Crippen LogP contribution is 2.46. The molecular formula is C14H15BClNO2. The summed E-state index contributed by atoms with van der Waals surface area (Å²) in [5.41, 5.74) is 1.74. The van der Waals surface area contributed by atoms with Crippen molar-refractivity contribution in [1.29, 1.82) is 0 Å². The predicted octanol–water partition coefficient (Wildman–Crippen LogP) is 2.80. The molecule has 0 amide bonds. The van der Waals surface area contributed by atoms with Gasteiger partial charge in [0.15, 0.2) is 0 Å². The monoisotopic (exact) mass is 275 g/mol. The summed E-state index contributed by atoms with van der Waals surface area (Å²) in [4.78, 5) is 1.88. The fourth-order valence-electron chi connectivity index (χ4n) is 2.88. The van der Waals surface area contributed by atoms with Crippen molar-refractivity contribution in [2.24, 2.45) is 0 Å². The maximum Gasteiger partial charge on any atom is 0.409 e. The summed E-state index contributed by atoms with van der Waals surface area (Å²) in [5, 5.41) is 22.2. The zero-order valence-electron chi connectivity index (χ0n) is 10.7. The molecule has 0 fully saturated rings. The first-order valence-electron chi connectivity index (χ1n) is 6.38. The van der Waals surface area contributed by atoms with E-state index in [0.29, 0.717) is 18.2 Å². The van der Waals surface area contributed by atoms with Crippen LogP contribution in [0.25, 0.3) is 10.8 Å². The number of hydrogen-bond acceptors (Lipinski definition) is 3. The molecule has 19 heavy (non-hydrogen) atoms. The highest BCUT2D eigenvalue weighted by Gasteiger charge is 2.35. The van der Waals surface area contributed by atoms with Crippen LogP contribution in [0.5, 0.6) is 5.75 Å². The normalized spacial score (nSPS) is 17.8. The van der Waals surface area contributed by atoms with Gasteiger partial charge in [-0.1, -0.05) is 24.3 Å². The molecule has 3 nitrogen and oxygen atoms in total. The van der Waals surface area contributed by atoms with E-state index >= 15 is 0 Å². The number of hydrogen-bond donors (Lipinski definition) is 2. The van der Waals surface area contributed by atoms with Gasteiger partial charge in [-0.05, 0) is 18.3 Å². The van der Waals surface area contributed by atoms with Crippen LogP contribution >= 0.6 is 11.6 Å². The van der Waals surface area contributed by atoms with Gasteiger partial charge < -0.3 is 14.9 Å². The van der Waals surface area contributed by atoms with Crippen molar-refractivity contribution in [2.75, 3.05) is 17.2 Å². The topological polar surface area (TPSA) is 43.7 Å². The molecule has 1 unspecified atom stereocenters. The largest absolute Gasteiger partial charge is 0.507 e. The first-order chi connectivity index (χ1) is 9.13. The molecule has 0 saturated carbocycles. The minimum Gasteiger partial charge on any atom is -0.507 e. The van der Waals surface area contributed by atoms with Crippen LogP contribution in [0.1, 0.15) is 11.5 Å². The van der Waals surface area contributed by atoms with Crippen molar-refractivity contribution in [1.82, 2.24) is 0 Å². The molecule has 1 aliphatic rings. The van der Waals surface area contributed by atoms with Gasteiger partial charge in [0.1, 0.15) is 5.75 Å². The molecule has 2 aromatic rings. The van der Waals surface area contributed by atoms with Crippen LogP contribution in [0.2, 0.25) is 6.82 Å². The lowest BCUT2D eigenvalue weighted by Crippen LogP contribution is -2.36. The van der Waals surface area contributed by atoms with Crippen LogP contribution < -0.4 is 4.81 Å². The number of phenols is 1. The molecule has 0 aliphatic carbocycles. The first-order valence-corrected chi connectivity index (χ1v) is 6.92. The molecule has 98 valence electrons. The van der Waals surface area contributed by atoms with Gasteiger partial charge in [0, 0.05) is 35.0 Å². The Morgan fingerprint density at radius 3 is 2.84 bits per heavy atom. The molecule has 1 heterocycles. The molecule has 0 bridgehead atoms. The second kappa shape index (κ2) is 4.62. The summed E-state index contributed by atoms with van der Waals surface area (Å²) in [6.45, 7) is 2.37. The Morgan fingerprint density at radius 1 is 1.42 bits per heavy atom. The Hall–Kier alpha value is -1.39. The number of aromatic hydroxyl groups is 1. The van der Waals surface area contributed by atoms with E-state index < -0.39 is 7.05 Å². The van der Waals surface area contributed by atoms with E-state index in [0.717, 1.165) is 22.0 Å². The number of alkyl halides is 1. The van der Waals surface area contributed by atoms with Gasteiger partial charge in [0.05, 0.1) is 0 Å². The van der Waals surface area contributed by atoms with E-state index in [4.69, 9.17) is 11.6 Å². The summed E-state index contributed by atoms with van der Waals surface area (Å²) in [6.07, 6.45) is 0. The molecule has 3 rings (SSSR count). The van der Waals surface area contributed by atoms with Gasteiger partial charge in [-0.3, -0.25) is 0 Å². The third kappa shape index (κ3) is 1.87. The van der Waals surface area contributed by atoms with Gasteiger partial charge in [-0.2, -0.15) is 0 Å². The number of halogens is 1. The van der Waals surface area contributed by atoms with E-state index in [2.05, 4.69) is 0 Å². The molecular weight excluding hydrogens is 260 g/mol. The van der Waals surface area contributed by atoms with Gasteiger partial charge in [0.25, 0.3) is 0 Å². The second-order valence-electron chi connectivity index (χ2n) is 5.01. The Morgan fingerprint density at radius 2 is 2.16 bits per heavy atom. The molecule has 1 atom stereocenters. The van der Waals surface area contributed by atoms with Crippen LogP contribution in [0.15, 0.2) is 30.3 Å². The number of anilines is 1. The molecule has 2 aromatic carbocycles. The average Bonchev–Trinajstić information content (AvgIpc) is 2.78. The van der Waals surface area contributed by atoms with Crippen molar-refractivity contribution >= 4 is 35.1 Å². The molecule has 0 radical (unpaired) electrons. The van der Waals surface area contributed by atoms with Crippen LogP contribution in [0.4, 0.5) is 5.69 Å². The number of phenolic OH excluding ortho intramolecular Hbond substituents is 1. The summed E-state index contributed by atoms with van der Waals surface area (Å²) in [7, 11) is -0.590. The Bertz CT molecular complexity index is 632. The lowest BCUT2D eigenvalue weighted by atomic mass is 9.85. The van der Waals surface area contributed by atoms with Gasteiger partial charge in [-0.15, -0.1) is 11.6 Å². The Kier molecular flexibility index (Phi) is 3.07. The van der Waals surface area contributed by atoms with Gasteiger partial charge >= 0.3 is 7.05 Å². The Labute approximate surface area is 117 Å². The summed E-state index contributed by atoms with van der Waals surface area (Å²) >= 11 is 6.01. The Balaban J connectivity index is 2.28. The minimum absolute atomic E-state index is 0.0517. The van der Waals surface area contributed by atoms with Crippen LogP contribution in [-0.2, 0) is 0 Å². The van der Waals surface area contributed by atoms with Crippen molar-refractivity contribution in [3.05, 3.63) is 35.9 Å². The zero-order valence-corrected chi connectivity index (χ0v) is 11.4. The van der Waals surface area contributed by atoms with E-state index in [1.165, 1.54) is 0 Å². The van der Waals surface area contributed by atoms with Gasteiger partial charge in [0.2, 0.25) is 0 Å². The van der Waals surface area contributed by atoms with Crippen molar-refractivity contribution < 1.29 is 10.1 Å². The zero-order chi connectivity index (χ0) is 13.6. The number of fused-ring (bicyclic) bond motifs is 2. The highest BCUT2D eigenvalue weighted by molar-refractivity contribution is 6.54. The summed E-state index contributed by atoms with van der Waals surface area (Å²) in [5.74, 6) is 0.778. The van der Waals surface area contributed by atoms with Crippen molar-refractivity contribution in [3.8, 4) is 5.75 Å². The SMILES string of the molecule is CB(O)N1CC(CCl)c2c1cc1ccccc1c2O. The molecule has 0 aromatic heterocycles. The lowest BCUT2D eigenvalue weighted by Gasteiger charge is -2.20. The molecule has 5 heteroatoms. The smallest absolute Gasteiger partial charge is 0.409 e. The highest BCUT2D eigenvalue weighted by atomic mass is 35.5. The summed E-state index contributed by atoms with van der Waals surface area (Å²) in [6, 6.07) is 9.73. The number of nitrogens with zero attached hydrogens (tertiary/aromatic N) is 1. The van der Waals surface area contributed by atoms with Crippen molar-refractivity contribution in [3.63, 3.8) is 0 Å². The quantitative estimate of drug-likeness (QED) is 0.654. The van der Waals surface area contributed by atoms with Crippen molar-refractivity contribution in [2.45, 2.75) is 12.7 Å².